The van der Waals surface area contributed by atoms with E-state index in [-0.39, 0.29) is 11.5 Å². The van der Waals surface area contributed by atoms with Crippen LogP contribution in [0, 0.1) is 0 Å². The lowest BCUT2D eigenvalue weighted by molar-refractivity contribution is 0.462. The molecule has 2 aromatic rings. The third-order valence-corrected chi connectivity index (χ3v) is 2.45. The van der Waals surface area contributed by atoms with Crippen LogP contribution in [0.15, 0.2) is 29.8 Å². The zero-order chi connectivity index (χ0) is 9.26. The number of aromatic hydroxyl groups is 2. The van der Waals surface area contributed by atoms with Gasteiger partial charge in [0.2, 0.25) is 0 Å². The highest BCUT2D eigenvalue weighted by atomic mass is 32.1. The fourth-order valence-electron chi connectivity index (χ4n) is 1.05. The molecule has 0 spiro atoms. The molecular weight excluding hydrogens is 186 g/mol. The fourth-order valence-corrected chi connectivity index (χ4v) is 1.71. The molecule has 0 unspecified atom stereocenters. The lowest BCUT2D eigenvalue weighted by Crippen LogP contribution is -1.76. The Hall–Kier alpha value is -1.55. The number of aromatic nitrogens is 1. The molecule has 1 aromatic carbocycles. The predicted octanol–water partition coefficient (Wildman–Crippen LogP) is 2.22. The lowest BCUT2D eigenvalue weighted by atomic mass is 10.2. The van der Waals surface area contributed by atoms with Crippen LogP contribution < -0.4 is 0 Å². The van der Waals surface area contributed by atoms with Crippen LogP contribution in [0.3, 0.4) is 0 Å². The Balaban J connectivity index is 2.57. The second-order valence-corrected chi connectivity index (χ2v) is 3.43. The minimum atomic E-state index is 0.128. The minimum Gasteiger partial charge on any atom is -0.508 e. The summed E-state index contributed by atoms with van der Waals surface area (Å²) in [5.74, 6) is 0.260. The maximum atomic E-state index is 9.46. The van der Waals surface area contributed by atoms with Crippen LogP contribution in [0.5, 0.6) is 11.5 Å². The topological polar surface area (TPSA) is 53.4 Å². The van der Waals surface area contributed by atoms with E-state index < -0.39 is 0 Å². The van der Waals surface area contributed by atoms with Crippen molar-refractivity contribution in [2.75, 3.05) is 0 Å². The smallest absolute Gasteiger partial charge is 0.127 e. The van der Waals surface area contributed by atoms with Crippen LogP contribution in [-0.2, 0) is 0 Å². The Kier molecular flexibility index (Phi) is 1.90. The summed E-state index contributed by atoms with van der Waals surface area (Å²) in [7, 11) is 0. The van der Waals surface area contributed by atoms with Gasteiger partial charge in [-0.3, -0.25) is 0 Å². The van der Waals surface area contributed by atoms with Crippen molar-refractivity contribution in [3.05, 3.63) is 29.8 Å². The van der Waals surface area contributed by atoms with Gasteiger partial charge in [0.05, 0.1) is 5.56 Å². The van der Waals surface area contributed by atoms with Gasteiger partial charge in [-0.2, -0.15) is 0 Å². The Morgan fingerprint density at radius 1 is 1.23 bits per heavy atom. The first-order chi connectivity index (χ1) is 6.27. The number of phenolic OH excluding ortho intramolecular Hbond substituents is 2. The lowest BCUT2D eigenvalue weighted by Gasteiger charge is -2.00. The van der Waals surface area contributed by atoms with Crippen molar-refractivity contribution in [1.29, 1.82) is 0 Å². The monoisotopic (exact) mass is 193 g/mol. The second kappa shape index (κ2) is 3.06. The molecule has 0 atom stereocenters. The summed E-state index contributed by atoms with van der Waals surface area (Å²) in [6, 6.07) is 4.38. The van der Waals surface area contributed by atoms with Gasteiger partial charge in [-0.25, -0.2) is 4.98 Å². The van der Waals surface area contributed by atoms with Gasteiger partial charge in [0.1, 0.15) is 16.5 Å². The molecule has 0 amide bonds. The standard InChI is InChI=1S/C9H7NO2S/c11-6-1-2-8(12)7(5-6)9-10-3-4-13-9/h1-5,11-12H. The van der Waals surface area contributed by atoms with Gasteiger partial charge in [0.15, 0.2) is 0 Å². The quantitative estimate of drug-likeness (QED) is 0.683. The molecule has 0 aliphatic carbocycles. The SMILES string of the molecule is Oc1ccc(O)c(-c2nccs2)c1. The molecular formula is C9H7NO2S. The second-order valence-electron chi connectivity index (χ2n) is 2.54. The largest absolute Gasteiger partial charge is 0.508 e. The molecule has 66 valence electrons. The van der Waals surface area contributed by atoms with E-state index in [9.17, 15) is 10.2 Å². The molecule has 2 N–H and O–H groups in total. The summed E-state index contributed by atoms with van der Waals surface area (Å²) >= 11 is 1.42. The number of hydrogen-bond donors (Lipinski definition) is 2. The molecule has 2 rings (SSSR count). The summed E-state index contributed by atoms with van der Waals surface area (Å²) < 4.78 is 0. The van der Waals surface area contributed by atoms with Crippen LogP contribution >= 0.6 is 11.3 Å². The molecule has 3 nitrogen and oxygen atoms in total. The molecule has 0 saturated carbocycles. The van der Waals surface area contributed by atoms with Gasteiger partial charge >= 0.3 is 0 Å². The minimum absolute atomic E-state index is 0.128. The molecule has 13 heavy (non-hydrogen) atoms. The maximum Gasteiger partial charge on any atom is 0.127 e. The molecule has 0 bridgehead atoms. The first-order valence-electron chi connectivity index (χ1n) is 3.69. The number of phenols is 2. The Bertz CT molecular complexity index is 412. The number of benzene rings is 1. The van der Waals surface area contributed by atoms with Gasteiger partial charge in [0, 0.05) is 11.6 Å². The molecule has 1 aromatic heterocycles. The third kappa shape index (κ3) is 1.48. The molecule has 0 aliphatic heterocycles. The van der Waals surface area contributed by atoms with E-state index in [1.807, 2.05) is 5.38 Å². The Morgan fingerprint density at radius 3 is 2.77 bits per heavy atom. The van der Waals surface area contributed by atoms with Gasteiger partial charge in [-0.05, 0) is 18.2 Å². The number of rotatable bonds is 1. The van der Waals surface area contributed by atoms with E-state index in [2.05, 4.69) is 4.98 Å². The summed E-state index contributed by atoms with van der Waals surface area (Å²) in [6.45, 7) is 0. The molecule has 4 heteroatoms. The molecule has 0 fully saturated rings. The van der Waals surface area contributed by atoms with E-state index in [0.29, 0.717) is 10.6 Å². The van der Waals surface area contributed by atoms with Gasteiger partial charge in [-0.15, -0.1) is 11.3 Å². The van der Waals surface area contributed by atoms with E-state index >= 15 is 0 Å². The van der Waals surface area contributed by atoms with Crippen molar-refractivity contribution in [1.82, 2.24) is 4.98 Å². The predicted molar refractivity (Wildman–Crippen MR) is 50.9 cm³/mol. The molecule has 0 radical (unpaired) electrons. The Labute approximate surface area is 78.9 Å². The average molecular weight is 193 g/mol. The van der Waals surface area contributed by atoms with E-state index in [4.69, 9.17) is 0 Å². The fraction of sp³-hybridized carbons (Fsp3) is 0. The molecule has 0 saturated heterocycles. The molecule has 1 heterocycles. The van der Waals surface area contributed by atoms with Crippen molar-refractivity contribution < 1.29 is 10.2 Å². The van der Waals surface area contributed by atoms with Crippen LogP contribution in [0.4, 0.5) is 0 Å². The number of hydrogen-bond acceptors (Lipinski definition) is 4. The highest BCUT2D eigenvalue weighted by Crippen LogP contribution is 2.32. The highest BCUT2D eigenvalue weighted by molar-refractivity contribution is 7.13. The molecule has 0 aliphatic rings. The van der Waals surface area contributed by atoms with Crippen LogP contribution in [-0.4, -0.2) is 15.2 Å². The number of thiazole rings is 1. The Morgan fingerprint density at radius 2 is 2.08 bits per heavy atom. The zero-order valence-electron chi connectivity index (χ0n) is 6.64. The maximum absolute atomic E-state index is 9.46. The van der Waals surface area contributed by atoms with Crippen molar-refractivity contribution >= 4 is 11.3 Å². The van der Waals surface area contributed by atoms with E-state index in [1.165, 1.54) is 29.5 Å². The van der Waals surface area contributed by atoms with Gasteiger partial charge < -0.3 is 10.2 Å². The van der Waals surface area contributed by atoms with E-state index in [1.54, 1.807) is 6.20 Å². The van der Waals surface area contributed by atoms with Gasteiger partial charge in [-0.1, -0.05) is 0 Å². The normalized spacial score (nSPS) is 10.2. The van der Waals surface area contributed by atoms with Crippen molar-refractivity contribution in [3.63, 3.8) is 0 Å². The van der Waals surface area contributed by atoms with Gasteiger partial charge in [0.25, 0.3) is 0 Å². The first kappa shape index (κ1) is 8.07. The van der Waals surface area contributed by atoms with Crippen molar-refractivity contribution in [2.24, 2.45) is 0 Å². The van der Waals surface area contributed by atoms with Crippen molar-refractivity contribution in [2.45, 2.75) is 0 Å². The van der Waals surface area contributed by atoms with E-state index in [0.717, 1.165) is 0 Å². The average Bonchev–Trinajstić information content (AvgIpc) is 2.61. The summed E-state index contributed by atoms with van der Waals surface area (Å²) in [5, 5.41) is 21.2. The first-order valence-corrected chi connectivity index (χ1v) is 4.57. The van der Waals surface area contributed by atoms with Crippen molar-refractivity contribution in [3.8, 4) is 22.1 Å². The third-order valence-electron chi connectivity index (χ3n) is 1.64. The van der Waals surface area contributed by atoms with Crippen LogP contribution in [0.25, 0.3) is 10.6 Å². The number of nitrogens with zero attached hydrogens (tertiary/aromatic N) is 1. The summed E-state index contributed by atoms with van der Waals surface area (Å²) in [4.78, 5) is 4.04. The van der Waals surface area contributed by atoms with Crippen LogP contribution in [0.2, 0.25) is 0 Å². The van der Waals surface area contributed by atoms with Crippen LogP contribution in [0.1, 0.15) is 0 Å². The summed E-state index contributed by atoms with van der Waals surface area (Å²) in [6.07, 6.45) is 1.66. The summed E-state index contributed by atoms with van der Waals surface area (Å²) in [5.41, 5.74) is 0.565. The zero-order valence-corrected chi connectivity index (χ0v) is 7.45. The highest BCUT2D eigenvalue weighted by Gasteiger charge is 2.06.